The molecule has 0 aromatic rings. The summed E-state index contributed by atoms with van der Waals surface area (Å²) in [4.78, 5) is 27.2. The summed E-state index contributed by atoms with van der Waals surface area (Å²) in [5, 5.41) is 0. The van der Waals surface area contributed by atoms with Crippen LogP contribution in [0.15, 0.2) is 0 Å². The molecular weight excluding hydrogens is 498 g/mol. The van der Waals surface area contributed by atoms with Crippen molar-refractivity contribution >= 4 is 11.9 Å². The average molecular weight is 568 g/mol. The van der Waals surface area contributed by atoms with Gasteiger partial charge in [0.05, 0.1) is 5.92 Å². The lowest BCUT2D eigenvalue weighted by molar-refractivity contribution is -0.161. The monoisotopic (exact) mass is 568 g/mol. The van der Waals surface area contributed by atoms with Gasteiger partial charge in [0.1, 0.15) is 12.7 Å². The molecule has 0 rings (SSSR count). The number of hydrogen-bond donors (Lipinski definition) is 0. The summed E-state index contributed by atoms with van der Waals surface area (Å²) < 4.78 is 11.4. The molecule has 0 heterocycles. The Bertz CT molecular complexity index is 566. The van der Waals surface area contributed by atoms with Gasteiger partial charge in [-0.3, -0.25) is 9.59 Å². The predicted octanol–water partition coefficient (Wildman–Crippen LogP) is 10.0. The Morgan fingerprint density at radius 1 is 0.600 bits per heavy atom. The minimum Gasteiger partial charge on any atom is -0.462 e. The highest BCUT2D eigenvalue weighted by molar-refractivity contribution is 5.72. The van der Waals surface area contributed by atoms with Crippen LogP contribution < -0.4 is 0 Å². The first kappa shape index (κ1) is 38.9. The summed E-state index contributed by atoms with van der Waals surface area (Å²) in [5.74, 6) is -0.397. The third-order valence-electron chi connectivity index (χ3n) is 7.97. The minimum absolute atomic E-state index is 0.0935. The van der Waals surface area contributed by atoms with E-state index < -0.39 is 0 Å². The summed E-state index contributed by atoms with van der Waals surface area (Å²) >= 11 is 0. The second kappa shape index (κ2) is 29.4. The molecule has 5 heteroatoms. The number of rotatable bonds is 30. The smallest absolute Gasteiger partial charge is 0.308 e. The molecule has 5 nitrogen and oxygen atoms in total. The SMILES string of the molecule is CCCCCCCCCCCCCCC(C)C(=O)OCC(CCCCCCCCC)OC(=O)CCCCN(C)C. The third kappa shape index (κ3) is 27.1. The molecule has 0 N–H and O–H groups in total. The number of carbonyl (C=O) groups is 2. The second-order valence-electron chi connectivity index (χ2n) is 12.5. The maximum atomic E-state index is 12.6. The van der Waals surface area contributed by atoms with Crippen molar-refractivity contribution in [2.24, 2.45) is 5.92 Å². The maximum Gasteiger partial charge on any atom is 0.308 e. The van der Waals surface area contributed by atoms with E-state index in [4.69, 9.17) is 9.47 Å². The summed E-state index contributed by atoms with van der Waals surface area (Å²) in [5.41, 5.74) is 0. The van der Waals surface area contributed by atoms with Crippen LogP contribution in [0.4, 0.5) is 0 Å². The minimum atomic E-state index is -0.320. The first-order valence-electron chi connectivity index (χ1n) is 17.4. The molecule has 0 aromatic carbocycles. The van der Waals surface area contributed by atoms with Gasteiger partial charge in [-0.2, -0.15) is 0 Å². The van der Waals surface area contributed by atoms with Gasteiger partial charge < -0.3 is 14.4 Å². The molecule has 0 radical (unpaired) electrons. The van der Waals surface area contributed by atoms with Crippen molar-refractivity contribution in [3.8, 4) is 0 Å². The van der Waals surface area contributed by atoms with E-state index in [0.29, 0.717) is 6.42 Å². The van der Waals surface area contributed by atoms with Crippen LogP contribution in [0.3, 0.4) is 0 Å². The highest BCUT2D eigenvalue weighted by atomic mass is 16.6. The fraction of sp³-hybridized carbons (Fsp3) is 0.943. The lowest BCUT2D eigenvalue weighted by Crippen LogP contribution is -2.27. The molecule has 0 saturated heterocycles. The van der Waals surface area contributed by atoms with E-state index in [-0.39, 0.29) is 30.6 Å². The van der Waals surface area contributed by atoms with Crippen LogP contribution in [0.1, 0.15) is 175 Å². The van der Waals surface area contributed by atoms with Gasteiger partial charge in [-0.25, -0.2) is 0 Å². The Hall–Kier alpha value is -1.10. The highest BCUT2D eigenvalue weighted by Gasteiger charge is 2.20. The fourth-order valence-corrected chi connectivity index (χ4v) is 5.17. The number of carbonyl (C=O) groups excluding carboxylic acids is 2. The number of nitrogens with zero attached hydrogens (tertiary/aromatic N) is 1. The number of hydrogen-bond acceptors (Lipinski definition) is 5. The van der Waals surface area contributed by atoms with Gasteiger partial charge in [0, 0.05) is 6.42 Å². The molecule has 0 bridgehead atoms. The van der Waals surface area contributed by atoms with Crippen molar-refractivity contribution in [3.63, 3.8) is 0 Å². The van der Waals surface area contributed by atoms with E-state index >= 15 is 0 Å². The summed E-state index contributed by atoms with van der Waals surface area (Å²) in [7, 11) is 4.09. The predicted molar refractivity (Wildman–Crippen MR) is 171 cm³/mol. The molecule has 2 atom stereocenters. The Morgan fingerprint density at radius 3 is 1.52 bits per heavy atom. The van der Waals surface area contributed by atoms with Gasteiger partial charge in [-0.05, 0) is 52.7 Å². The molecule has 0 saturated carbocycles. The van der Waals surface area contributed by atoms with Gasteiger partial charge in [0.2, 0.25) is 0 Å². The number of esters is 2. The quantitative estimate of drug-likeness (QED) is 0.0638. The zero-order valence-corrected chi connectivity index (χ0v) is 27.6. The largest absolute Gasteiger partial charge is 0.462 e. The van der Waals surface area contributed by atoms with Crippen LogP contribution in [0.2, 0.25) is 0 Å². The average Bonchev–Trinajstić information content (AvgIpc) is 2.93. The van der Waals surface area contributed by atoms with Crippen molar-refractivity contribution in [1.29, 1.82) is 0 Å². The first-order chi connectivity index (χ1) is 19.4. The van der Waals surface area contributed by atoms with E-state index in [1.165, 1.54) is 103 Å². The van der Waals surface area contributed by atoms with Crippen molar-refractivity contribution in [1.82, 2.24) is 4.90 Å². The van der Waals surface area contributed by atoms with Gasteiger partial charge in [0.15, 0.2) is 0 Å². The molecule has 0 aliphatic carbocycles. The van der Waals surface area contributed by atoms with Crippen LogP contribution >= 0.6 is 0 Å². The lowest BCUT2D eigenvalue weighted by Gasteiger charge is -2.19. The second-order valence-corrected chi connectivity index (χ2v) is 12.5. The molecule has 238 valence electrons. The van der Waals surface area contributed by atoms with Crippen LogP contribution in [-0.4, -0.2) is 50.2 Å². The van der Waals surface area contributed by atoms with Crippen molar-refractivity contribution in [2.45, 2.75) is 181 Å². The topological polar surface area (TPSA) is 55.8 Å². The molecule has 0 aliphatic rings. The van der Waals surface area contributed by atoms with E-state index in [2.05, 4.69) is 18.7 Å². The van der Waals surface area contributed by atoms with Crippen LogP contribution in [0.25, 0.3) is 0 Å². The lowest BCUT2D eigenvalue weighted by atomic mass is 10.0. The molecule has 0 aliphatic heterocycles. The molecule has 40 heavy (non-hydrogen) atoms. The Labute approximate surface area is 249 Å². The maximum absolute atomic E-state index is 12.6. The van der Waals surface area contributed by atoms with Crippen LogP contribution in [0, 0.1) is 5.92 Å². The van der Waals surface area contributed by atoms with Crippen molar-refractivity contribution in [3.05, 3.63) is 0 Å². The van der Waals surface area contributed by atoms with E-state index in [1.54, 1.807) is 0 Å². The Balaban J connectivity index is 4.18. The molecule has 0 aromatic heterocycles. The fourth-order valence-electron chi connectivity index (χ4n) is 5.17. The Morgan fingerprint density at radius 2 is 1.05 bits per heavy atom. The molecule has 0 spiro atoms. The summed E-state index contributed by atoms with van der Waals surface area (Å²) in [6, 6.07) is 0. The van der Waals surface area contributed by atoms with E-state index in [1.807, 2.05) is 21.0 Å². The molecule has 0 amide bonds. The van der Waals surface area contributed by atoms with Gasteiger partial charge in [-0.1, -0.05) is 136 Å². The zero-order valence-electron chi connectivity index (χ0n) is 27.6. The summed E-state index contributed by atoms with van der Waals surface area (Å²) in [6.45, 7) is 7.65. The molecular formula is C35H69NO4. The van der Waals surface area contributed by atoms with Crippen LogP contribution in [0.5, 0.6) is 0 Å². The normalized spacial score (nSPS) is 12.9. The van der Waals surface area contributed by atoms with Crippen molar-refractivity contribution < 1.29 is 19.1 Å². The number of ether oxygens (including phenoxy) is 2. The highest BCUT2D eigenvalue weighted by Crippen LogP contribution is 2.17. The van der Waals surface area contributed by atoms with Gasteiger partial charge >= 0.3 is 11.9 Å². The molecule has 0 fully saturated rings. The number of unbranched alkanes of at least 4 members (excludes halogenated alkanes) is 18. The van der Waals surface area contributed by atoms with Crippen molar-refractivity contribution in [2.75, 3.05) is 27.2 Å². The van der Waals surface area contributed by atoms with Gasteiger partial charge in [-0.15, -0.1) is 0 Å². The Kier molecular flexibility index (Phi) is 28.6. The zero-order chi connectivity index (χ0) is 29.7. The van der Waals surface area contributed by atoms with Gasteiger partial charge in [0.25, 0.3) is 0 Å². The van der Waals surface area contributed by atoms with Crippen LogP contribution in [-0.2, 0) is 19.1 Å². The summed E-state index contributed by atoms with van der Waals surface area (Å²) in [6.07, 6.45) is 28.0. The standard InChI is InChI=1S/C35H69NO4/c1-6-8-10-12-14-15-16-17-18-20-21-23-27-32(3)35(38)39-31-33(28-24-22-19-13-11-9-7-2)40-34(37)29-25-26-30-36(4)5/h32-33H,6-31H2,1-5H3. The first-order valence-corrected chi connectivity index (χ1v) is 17.4. The third-order valence-corrected chi connectivity index (χ3v) is 7.97. The van der Waals surface area contributed by atoms with E-state index in [0.717, 1.165) is 51.5 Å². The van der Waals surface area contributed by atoms with E-state index in [9.17, 15) is 9.59 Å². The molecule has 2 unspecified atom stereocenters.